The molecule has 2 aromatic rings. The van der Waals surface area contributed by atoms with E-state index in [-0.39, 0.29) is 5.69 Å². The smallest absolute Gasteiger partial charge is 0.387 e. The molecule has 0 saturated heterocycles. The lowest BCUT2D eigenvalue weighted by molar-refractivity contribution is -0.140. The number of benzene rings is 1. The Labute approximate surface area is 103 Å². The second kappa shape index (κ2) is 4.29. The SMILES string of the molecule is CNc1cc(C(F)(F)F)nc2cc(F)c(F)c(F)c12. The van der Waals surface area contributed by atoms with Gasteiger partial charge >= 0.3 is 6.18 Å². The van der Waals surface area contributed by atoms with E-state index in [2.05, 4.69) is 10.3 Å². The maximum Gasteiger partial charge on any atom is 0.433 e. The zero-order valence-electron chi connectivity index (χ0n) is 9.37. The van der Waals surface area contributed by atoms with Gasteiger partial charge in [0.25, 0.3) is 0 Å². The minimum absolute atomic E-state index is 0.325. The highest BCUT2D eigenvalue weighted by molar-refractivity contribution is 5.92. The molecule has 102 valence electrons. The van der Waals surface area contributed by atoms with Crippen LogP contribution < -0.4 is 5.32 Å². The highest BCUT2D eigenvalue weighted by atomic mass is 19.4. The minimum Gasteiger partial charge on any atom is -0.387 e. The third-order valence-corrected chi connectivity index (χ3v) is 2.49. The summed E-state index contributed by atoms with van der Waals surface area (Å²) >= 11 is 0. The van der Waals surface area contributed by atoms with Gasteiger partial charge in [0.2, 0.25) is 0 Å². The fourth-order valence-corrected chi connectivity index (χ4v) is 1.64. The van der Waals surface area contributed by atoms with Gasteiger partial charge in [0.05, 0.1) is 10.9 Å². The first-order valence-electron chi connectivity index (χ1n) is 4.99. The van der Waals surface area contributed by atoms with Crippen molar-refractivity contribution in [2.24, 2.45) is 0 Å². The van der Waals surface area contributed by atoms with E-state index in [9.17, 15) is 26.3 Å². The summed E-state index contributed by atoms with van der Waals surface area (Å²) in [5, 5.41) is 1.77. The van der Waals surface area contributed by atoms with Gasteiger partial charge in [0, 0.05) is 18.8 Å². The van der Waals surface area contributed by atoms with Crippen LogP contribution in [0.15, 0.2) is 12.1 Å². The van der Waals surface area contributed by atoms with Gasteiger partial charge < -0.3 is 5.32 Å². The highest BCUT2D eigenvalue weighted by Crippen LogP contribution is 2.34. The van der Waals surface area contributed by atoms with Crippen LogP contribution in [0.25, 0.3) is 10.9 Å². The Kier molecular flexibility index (Phi) is 3.03. The van der Waals surface area contributed by atoms with Gasteiger partial charge in [-0.15, -0.1) is 0 Å². The molecule has 1 aromatic carbocycles. The number of nitrogens with zero attached hydrogens (tertiary/aromatic N) is 1. The van der Waals surface area contributed by atoms with E-state index in [1.54, 1.807) is 0 Å². The molecule has 0 fully saturated rings. The van der Waals surface area contributed by atoms with Gasteiger partial charge in [-0.25, -0.2) is 18.2 Å². The molecule has 0 aliphatic heterocycles. The average Bonchev–Trinajstić information content (AvgIpc) is 2.33. The Morgan fingerprint density at radius 2 is 1.68 bits per heavy atom. The number of anilines is 1. The largest absolute Gasteiger partial charge is 0.433 e. The van der Waals surface area contributed by atoms with E-state index in [1.807, 2.05) is 0 Å². The molecule has 0 unspecified atom stereocenters. The van der Waals surface area contributed by atoms with Crippen molar-refractivity contribution in [1.82, 2.24) is 4.98 Å². The first kappa shape index (κ1) is 13.4. The summed E-state index contributed by atoms with van der Waals surface area (Å²) in [6.45, 7) is 0. The molecule has 0 radical (unpaired) electrons. The number of hydrogen-bond donors (Lipinski definition) is 1. The van der Waals surface area contributed by atoms with E-state index < -0.39 is 40.2 Å². The van der Waals surface area contributed by atoms with Gasteiger partial charge in [-0.1, -0.05) is 0 Å². The molecule has 0 spiro atoms. The van der Waals surface area contributed by atoms with E-state index >= 15 is 0 Å². The Balaban J connectivity index is 2.89. The number of aromatic nitrogens is 1. The number of halogens is 6. The van der Waals surface area contributed by atoms with Crippen LogP contribution in [-0.2, 0) is 6.18 Å². The molecule has 0 saturated carbocycles. The second-order valence-electron chi connectivity index (χ2n) is 3.68. The van der Waals surface area contributed by atoms with Crippen LogP contribution in [0.2, 0.25) is 0 Å². The van der Waals surface area contributed by atoms with Crippen molar-refractivity contribution >= 4 is 16.6 Å². The first-order valence-corrected chi connectivity index (χ1v) is 4.99. The summed E-state index contributed by atoms with van der Waals surface area (Å²) in [5.74, 6) is -4.94. The van der Waals surface area contributed by atoms with E-state index in [1.165, 1.54) is 7.05 Å². The van der Waals surface area contributed by atoms with Crippen LogP contribution in [0.1, 0.15) is 5.69 Å². The fourth-order valence-electron chi connectivity index (χ4n) is 1.64. The zero-order valence-corrected chi connectivity index (χ0v) is 9.37. The van der Waals surface area contributed by atoms with Crippen LogP contribution in [-0.4, -0.2) is 12.0 Å². The van der Waals surface area contributed by atoms with Gasteiger partial charge in [-0.3, -0.25) is 0 Å². The van der Waals surface area contributed by atoms with Crippen LogP contribution in [0, 0.1) is 17.5 Å². The lowest BCUT2D eigenvalue weighted by Crippen LogP contribution is -2.10. The molecule has 1 aromatic heterocycles. The number of pyridine rings is 1. The number of rotatable bonds is 1. The molecule has 2 rings (SSSR count). The van der Waals surface area contributed by atoms with Crippen molar-refractivity contribution in [3.05, 3.63) is 35.3 Å². The molecule has 0 atom stereocenters. The molecule has 8 heteroatoms. The quantitative estimate of drug-likeness (QED) is 0.636. The minimum atomic E-state index is -4.78. The molecule has 0 amide bonds. The predicted octanol–water partition coefficient (Wildman–Crippen LogP) is 3.71. The third kappa shape index (κ3) is 2.18. The summed E-state index contributed by atoms with van der Waals surface area (Å²) in [4.78, 5) is 3.11. The number of fused-ring (bicyclic) bond motifs is 1. The molecule has 2 nitrogen and oxygen atoms in total. The van der Waals surface area contributed by atoms with E-state index in [0.29, 0.717) is 12.1 Å². The Morgan fingerprint density at radius 1 is 1.05 bits per heavy atom. The van der Waals surface area contributed by atoms with Crippen molar-refractivity contribution in [3.63, 3.8) is 0 Å². The van der Waals surface area contributed by atoms with Crippen LogP contribution in [0.3, 0.4) is 0 Å². The van der Waals surface area contributed by atoms with Gasteiger partial charge in [0.15, 0.2) is 17.5 Å². The molecule has 0 bridgehead atoms. The maximum atomic E-state index is 13.6. The number of nitrogens with one attached hydrogen (secondary N) is 1. The summed E-state index contributed by atoms with van der Waals surface area (Å²) in [5.41, 5.74) is -2.26. The van der Waals surface area contributed by atoms with E-state index in [4.69, 9.17) is 0 Å². The van der Waals surface area contributed by atoms with Crippen LogP contribution in [0.5, 0.6) is 0 Å². The highest BCUT2D eigenvalue weighted by Gasteiger charge is 2.34. The maximum absolute atomic E-state index is 13.6. The first-order chi connectivity index (χ1) is 8.75. The van der Waals surface area contributed by atoms with Crippen LogP contribution in [0.4, 0.5) is 32.0 Å². The lowest BCUT2D eigenvalue weighted by atomic mass is 10.1. The van der Waals surface area contributed by atoms with E-state index in [0.717, 1.165) is 0 Å². The van der Waals surface area contributed by atoms with Gasteiger partial charge in [0.1, 0.15) is 5.69 Å². The summed E-state index contributed by atoms with van der Waals surface area (Å²) in [6, 6.07) is 0.951. The van der Waals surface area contributed by atoms with Gasteiger partial charge in [-0.05, 0) is 6.07 Å². The molecular weight excluding hydrogens is 274 g/mol. The fraction of sp³-hybridized carbons (Fsp3) is 0.182. The lowest BCUT2D eigenvalue weighted by Gasteiger charge is -2.12. The monoisotopic (exact) mass is 280 g/mol. The van der Waals surface area contributed by atoms with Crippen molar-refractivity contribution in [1.29, 1.82) is 0 Å². The van der Waals surface area contributed by atoms with Crippen molar-refractivity contribution < 1.29 is 26.3 Å². The molecule has 19 heavy (non-hydrogen) atoms. The topological polar surface area (TPSA) is 24.9 Å². The summed E-state index contributed by atoms with van der Waals surface area (Å²) in [7, 11) is 1.23. The normalized spacial score (nSPS) is 11.9. The standard InChI is InChI=1S/C11H6F6N2/c1-18-5-3-7(11(15,16)17)19-6-2-4(12)9(13)10(14)8(5)6/h2-3H,1H3,(H,18,19). The molecule has 0 aliphatic carbocycles. The predicted molar refractivity (Wildman–Crippen MR) is 56.2 cm³/mol. The molecule has 1 N–H and O–H groups in total. The number of hydrogen-bond acceptors (Lipinski definition) is 2. The Bertz CT molecular complexity index is 650. The van der Waals surface area contributed by atoms with Gasteiger partial charge in [-0.2, -0.15) is 13.2 Å². The summed E-state index contributed by atoms with van der Waals surface area (Å²) in [6.07, 6.45) is -4.78. The molecule has 0 aliphatic rings. The van der Waals surface area contributed by atoms with Crippen molar-refractivity contribution in [3.8, 4) is 0 Å². The summed E-state index contributed by atoms with van der Waals surface area (Å²) < 4.78 is 77.3. The van der Waals surface area contributed by atoms with Crippen LogP contribution >= 0.6 is 0 Å². The zero-order chi connectivity index (χ0) is 14.4. The van der Waals surface area contributed by atoms with Crippen molar-refractivity contribution in [2.45, 2.75) is 6.18 Å². The van der Waals surface area contributed by atoms with Crippen molar-refractivity contribution in [2.75, 3.05) is 12.4 Å². The average molecular weight is 280 g/mol. The Morgan fingerprint density at radius 3 is 2.21 bits per heavy atom. The molecular formula is C11H6F6N2. The second-order valence-corrected chi connectivity index (χ2v) is 3.68. The third-order valence-electron chi connectivity index (χ3n) is 2.49. The Hall–Kier alpha value is -1.99. The number of alkyl halides is 3. The molecule has 1 heterocycles.